The lowest BCUT2D eigenvalue weighted by molar-refractivity contribution is -0.136. The first-order chi connectivity index (χ1) is 11.1. The third-order valence-corrected chi connectivity index (χ3v) is 3.22. The van der Waals surface area contributed by atoms with E-state index < -0.39 is 0 Å². The summed E-state index contributed by atoms with van der Waals surface area (Å²) < 4.78 is 6.94. The predicted octanol–water partition coefficient (Wildman–Crippen LogP) is 4.18. The standard InChI is InChI=1S/C17H18ClN3O2/c1-3-4-5-17(23-13(2)22)16(21-12-19-11-20-21)10-14-6-8-15(18)9-7-14/h5-12H,3-4H2,1-2H3/b16-10-,17-5-. The van der Waals surface area contributed by atoms with Crippen LogP contribution in [0.2, 0.25) is 5.02 Å². The number of hydrogen-bond donors (Lipinski definition) is 0. The average molecular weight is 332 g/mol. The van der Waals surface area contributed by atoms with Crippen molar-refractivity contribution in [2.24, 2.45) is 0 Å². The molecule has 6 heteroatoms. The minimum atomic E-state index is -0.380. The van der Waals surface area contributed by atoms with Gasteiger partial charge in [-0.15, -0.1) is 0 Å². The Kier molecular flexibility index (Phi) is 6.11. The van der Waals surface area contributed by atoms with Gasteiger partial charge in [0.05, 0.1) is 0 Å². The van der Waals surface area contributed by atoms with E-state index in [1.807, 2.05) is 24.3 Å². The number of carbonyl (C=O) groups excluding carboxylic acids is 1. The molecule has 120 valence electrons. The number of rotatable bonds is 6. The average Bonchev–Trinajstić information content (AvgIpc) is 3.05. The summed E-state index contributed by atoms with van der Waals surface area (Å²) in [5.74, 6) is 0.0780. The second kappa shape index (κ2) is 8.29. The van der Waals surface area contributed by atoms with Crippen molar-refractivity contribution in [2.75, 3.05) is 0 Å². The SMILES string of the molecule is CCC/C=C(OC(C)=O)/C(=C/c1ccc(Cl)cc1)n1cncn1. The van der Waals surface area contributed by atoms with Crippen molar-refractivity contribution in [1.82, 2.24) is 14.8 Å². The summed E-state index contributed by atoms with van der Waals surface area (Å²) >= 11 is 5.92. The quantitative estimate of drug-likeness (QED) is 0.452. The van der Waals surface area contributed by atoms with Gasteiger partial charge in [0, 0.05) is 11.9 Å². The molecule has 0 aliphatic carbocycles. The van der Waals surface area contributed by atoms with Crippen molar-refractivity contribution >= 4 is 29.3 Å². The van der Waals surface area contributed by atoms with Gasteiger partial charge in [0.1, 0.15) is 18.4 Å². The number of aromatic nitrogens is 3. The van der Waals surface area contributed by atoms with Gasteiger partial charge in [-0.3, -0.25) is 4.79 Å². The Labute approximate surface area is 140 Å². The molecule has 1 heterocycles. The lowest BCUT2D eigenvalue weighted by atomic mass is 10.1. The number of ether oxygens (including phenoxy) is 1. The van der Waals surface area contributed by atoms with Crippen LogP contribution in [0, 0.1) is 0 Å². The van der Waals surface area contributed by atoms with E-state index in [2.05, 4.69) is 17.0 Å². The van der Waals surface area contributed by atoms with Crippen LogP contribution in [-0.4, -0.2) is 20.7 Å². The second-order valence-corrected chi connectivity index (χ2v) is 5.31. The highest BCUT2D eigenvalue weighted by Gasteiger charge is 2.12. The van der Waals surface area contributed by atoms with Crippen molar-refractivity contribution < 1.29 is 9.53 Å². The van der Waals surface area contributed by atoms with Gasteiger partial charge in [0.15, 0.2) is 5.76 Å². The number of halogens is 1. The minimum Gasteiger partial charge on any atom is -0.425 e. The van der Waals surface area contributed by atoms with Gasteiger partial charge in [0.2, 0.25) is 0 Å². The van der Waals surface area contributed by atoms with Crippen LogP contribution in [0.15, 0.2) is 48.8 Å². The van der Waals surface area contributed by atoms with Gasteiger partial charge in [-0.25, -0.2) is 9.67 Å². The van der Waals surface area contributed by atoms with Crippen molar-refractivity contribution in [3.05, 3.63) is 59.3 Å². The maximum absolute atomic E-state index is 11.4. The van der Waals surface area contributed by atoms with E-state index in [9.17, 15) is 4.79 Å². The van der Waals surface area contributed by atoms with Crippen molar-refractivity contribution in [2.45, 2.75) is 26.7 Å². The summed E-state index contributed by atoms with van der Waals surface area (Å²) in [6, 6.07) is 7.36. The zero-order valence-corrected chi connectivity index (χ0v) is 13.8. The Balaban J connectivity index is 2.47. The molecule has 1 aromatic carbocycles. The lowest BCUT2D eigenvalue weighted by Gasteiger charge is -2.12. The Hall–Kier alpha value is -2.40. The van der Waals surface area contributed by atoms with E-state index in [0.717, 1.165) is 18.4 Å². The lowest BCUT2D eigenvalue weighted by Crippen LogP contribution is -2.07. The van der Waals surface area contributed by atoms with Crippen LogP contribution >= 0.6 is 11.6 Å². The van der Waals surface area contributed by atoms with Crippen LogP contribution in [0.25, 0.3) is 11.8 Å². The molecule has 0 aliphatic heterocycles. The molecule has 0 atom stereocenters. The van der Waals surface area contributed by atoms with Gasteiger partial charge < -0.3 is 4.74 Å². The van der Waals surface area contributed by atoms with E-state index in [0.29, 0.717) is 16.5 Å². The van der Waals surface area contributed by atoms with Gasteiger partial charge in [-0.05, 0) is 36.3 Å². The Bertz CT molecular complexity index is 704. The molecule has 0 unspecified atom stereocenters. The highest BCUT2D eigenvalue weighted by atomic mass is 35.5. The molecule has 2 rings (SSSR count). The van der Waals surface area contributed by atoms with E-state index in [1.54, 1.807) is 23.1 Å². The van der Waals surface area contributed by atoms with Gasteiger partial charge in [-0.2, -0.15) is 5.10 Å². The van der Waals surface area contributed by atoms with Crippen LogP contribution in [0.4, 0.5) is 0 Å². The molecule has 0 aliphatic rings. The Morgan fingerprint density at radius 2 is 2.09 bits per heavy atom. The van der Waals surface area contributed by atoms with Crippen molar-refractivity contribution in [3.63, 3.8) is 0 Å². The zero-order valence-electron chi connectivity index (χ0n) is 13.1. The van der Waals surface area contributed by atoms with E-state index in [4.69, 9.17) is 16.3 Å². The fourth-order valence-corrected chi connectivity index (χ4v) is 2.05. The summed E-state index contributed by atoms with van der Waals surface area (Å²) in [7, 11) is 0. The molecule has 5 nitrogen and oxygen atoms in total. The van der Waals surface area contributed by atoms with Crippen LogP contribution in [-0.2, 0) is 9.53 Å². The van der Waals surface area contributed by atoms with Gasteiger partial charge >= 0.3 is 5.97 Å². The maximum Gasteiger partial charge on any atom is 0.308 e. The molecule has 0 amide bonds. The largest absolute Gasteiger partial charge is 0.425 e. The maximum atomic E-state index is 11.4. The molecule has 1 aromatic heterocycles. The molecular weight excluding hydrogens is 314 g/mol. The van der Waals surface area contributed by atoms with Crippen LogP contribution in [0.5, 0.6) is 0 Å². The fraction of sp³-hybridized carbons (Fsp3) is 0.235. The van der Waals surface area contributed by atoms with Crippen molar-refractivity contribution in [3.8, 4) is 0 Å². The Morgan fingerprint density at radius 1 is 1.35 bits per heavy atom. The van der Waals surface area contributed by atoms with E-state index >= 15 is 0 Å². The van der Waals surface area contributed by atoms with E-state index in [1.165, 1.54) is 13.3 Å². The normalized spacial score (nSPS) is 12.3. The first kappa shape index (κ1) is 17.0. The third kappa shape index (κ3) is 5.07. The highest BCUT2D eigenvalue weighted by Crippen LogP contribution is 2.22. The fourth-order valence-electron chi connectivity index (χ4n) is 1.93. The highest BCUT2D eigenvalue weighted by molar-refractivity contribution is 6.30. The van der Waals surface area contributed by atoms with E-state index in [-0.39, 0.29) is 5.97 Å². The Morgan fingerprint density at radius 3 is 2.65 bits per heavy atom. The summed E-state index contributed by atoms with van der Waals surface area (Å²) in [6.45, 7) is 3.43. The first-order valence-electron chi connectivity index (χ1n) is 7.31. The molecular formula is C17H18ClN3O2. The number of allylic oxidation sites excluding steroid dienone is 2. The first-order valence-corrected chi connectivity index (χ1v) is 7.69. The monoisotopic (exact) mass is 331 g/mol. The molecule has 2 aromatic rings. The van der Waals surface area contributed by atoms with Gasteiger partial charge in [0.25, 0.3) is 0 Å². The smallest absolute Gasteiger partial charge is 0.308 e. The molecule has 23 heavy (non-hydrogen) atoms. The number of benzene rings is 1. The molecule has 0 radical (unpaired) electrons. The summed E-state index contributed by atoms with van der Waals surface area (Å²) in [6.07, 6.45) is 8.47. The molecule has 0 spiro atoms. The predicted molar refractivity (Wildman–Crippen MR) is 90.4 cm³/mol. The van der Waals surface area contributed by atoms with Crippen LogP contribution in [0.3, 0.4) is 0 Å². The third-order valence-electron chi connectivity index (χ3n) is 2.96. The molecule has 0 saturated heterocycles. The summed E-state index contributed by atoms with van der Waals surface area (Å²) in [4.78, 5) is 15.4. The summed E-state index contributed by atoms with van der Waals surface area (Å²) in [5, 5.41) is 4.80. The second-order valence-electron chi connectivity index (χ2n) is 4.87. The van der Waals surface area contributed by atoms with Crippen LogP contribution in [0.1, 0.15) is 32.3 Å². The summed E-state index contributed by atoms with van der Waals surface area (Å²) in [5.41, 5.74) is 1.54. The number of hydrogen-bond acceptors (Lipinski definition) is 4. The number of unbranched alkanes of at least 4 members (excludes halogenated alkanes) is 1. The number of carbonyl (C=O) groups is 1. The topological polar surface area (TPSA) is 57.0 Å². The number of esters is 1. The van der Waals surface area contributed by atoms with Crippen LogP contribution < -0.4 is 0 Å². The van der Waals surface area contributed by atoms with Crippen molar-refractivity contribution in [1.29, 1.82) is 0 Å². The number of nitrogens with zero attached hydrogens (tertiary/aromatic N) is 3. The van der Waals surface area contributed by atoms with Gasteiger partial charge in [-0.1, -0.05) is 37.1 Å². The minimum absolute atomic E-state index is 0.380. The zero-order chi connectivity index (χ0) is 16.7. The molecule has 0 fully saturated rings. The molecule has 0 bridgehead atoms. The molecule has 0 N–H and O–H groups in total. The molecule has 0 saturated carbocycles.